The summed E-state index contributed by atoms with van der Waals surface area (Å²) in [4.78, 5) is 0. The number of aromatic nitrogens is 1. The van der Waals surface area contributed by atoms with Gasteiger partial charge in [-0.05, 0) is 38.1 Å². The lowest BCUT2D eigenvalue weighted by atomic mass is 10.1. The third-order valence-electron chi connectivity index (χ3n) is 4.72. The summed E-state index contributed by atoms with van der Waals surface area (Å²) in [6.07, 6.45) is 0. The first-order valence-corrected chi connectivity index (χ1v) is 8.89. The molecule has 0 aliphatic heterocycles. The maximum atomic E-state index is 2.47. The molecule has 0 saturated carbocycles. The van der Waals surface area contributed by atoms with Gasteiger partial charge in [-0.25, -0.2) is 0 Å². The Morgan fingerprint density at radius 1 is 0.696 bits per heavy atom. The molecule has 23 heavy (non-hydrogen) atoms. The van der Waals surface area contributed by atoms with E-state index in [1.54, 1.807) is 0 Å². The number of para-hydroxylation sites is 1. The Balaban J connectivity index is 2.05. The fourth-order valence-electron chi connectivity index (χ4n) is 3.77. The fraction of sp³-hybridized carbons (Fsp3) is 0.143. The molecule has 112 valence electrons. The molecule has 0 spiro atoms. The van der Waals surface area contributed by atoms with E-state index in [0.29, 0.717) is 6.04 Å². The van der Waals surface area contributed by atoms with Crippen molar-refractivity contribution < 1.29 is 0 Å². The summed E-state index contributed by atoms with van der Waals surface area (Å²) in [5.41, 5.74) is 2.68. The smallest absolute Gasteiger partial charge is 0.0508 e. The van der Waals surface area contributed by atoms with Crippen LogP contribution in [0.3, 0.4) is 0 Å². The van der Waals surface area contributed by atoms with E-state index in [-0.39, 0.29) is 0 Å². The summed E-state index contributed by atoms with van der Waals surface area (Å²) >= 11 is 1.89. The van der Waals surface area contributed by atoms with Gasteiger partial charge in [0.1, 0.15) is 0 Å². The van der Waals surface area contributed by atoms with Gasteiger partial charge in [0.15, 0.2) is 0 Å². The van der Waals surface area contributed by atoms with E-state index in [1.165, 1.54) is 42.0 Å². The lowest BCUT2D eigenvalue weighted by Gasteiger charge is -2.11. The molecule has 5 aromatic rings. The molecule has 0 unspecified atom stereocenters. The van der Waals surface area contributed by atoms with Gasteiger partial charge in [0, 0.05) is 42.5 Å². The second kappa shape index (κ2) is 4.59. The topological polar surface area (TPSA) is 4.93 Å². The van der Waals surface area contributed by atoms with Crippen LogP contribution in [0.4, 0.5) is 0 Å². The van der Waals surface area contributed by atoms with Crippen LogP contribution in [0.1, 0.15) is 19.9 Å². The molecule has 0 aliphatic carbocycles. The Hall–Kier alpha value is -2.32. The largest absolute Gasteiger partial charge is 0.338 e. The molecule has 0 radical (unpaired) electrons. The Kier molecular flexibility index (Phi) is 2.62. The monoisotopic (exact) mass is 315 g/mol. The van der Waals surface area contributed by atoms with Crippen molar-refractivity contribution in [2.45, 2.75) is 19.9 Å². The van der Waals surface area contributed by atoms with Crippen molar-refractivity contribution >= 4 is 53.3 Å². The average molecular weight is 315 g/mol. The molecule has 0 aliphatic rings. The van der Waals surface area contributed by atoms with Crippen LogP contribution in [-0.2, 0) is 0 Å². The van der Waals surface area contributed by atoms with E-state index in [9.17, 15) is 0 Å². The van der Waals surface area contributed by atoms with Crippen molar-refractivity contribution in [3.63, 3.8) is 0 Å². The molecule has 2 heterocycles. The lowest BCUT2D eigenvalue weighted by Crippen LogP contribution is -1.99. The van der Waals surface area contributed by atoms with Crippen molar-refractivity contribution in [3.05, 3.63) is 60.7 Å². The second-order valence-electron chi connectivity index (χ2n) is 6.44. The highest BCUT2D eigenvalue weighted by atomic mass is 32.1. The number of thiophene rings is 1. The SMILES string of the molecule is CC(C)n1c2ccccc2c2cc3c(cc21)sc1ccccc13. The summed E-state index contributed by atoms with van der Waals surface area (Å²) in [5.74, 6) is 0. The van der Waals surface area contributed by atoms with Crippen LogP contribution in [0.25, 0.3) is 42.0 Å². The first-order chi connectivity index (χ1) is 11.2. The first kappa shape index (κ1) is 13.1. The van der Waals surface area contributed by atoms with E-state index in [0.717, 1.165) is 0 Å². The minimum Gasteiger partial charge on any atom is -0.338 e. The third kappa shape index (κ3) is 1.73. The minimum atomic E-state index is 0.448. The minimum absolute atomic E-state index is 0.448. The van der Waals surface area contributed by atoms with Gasteiger partial charge >= 0.3 is 0 Å². The molecule has 0 amide bonds. The van der Waals surface area contributed by atoms with Gasteiger partial charge in [-0.2, -0.15) is 0 Å². The molecule has 0 bridgehead atoms. The average Bonchev–Trinajstić information content (AvgIpc) is 3.07. The predicted molar refractivity (Wildman–Crippen MR) is 103 cm³/mol. The molecule has 2 heteroatoms. The van der Waals surface area contributed by atoms with Gasteiger partial charge in [0.05, 0.1) is 5.52 Å². The molecule has 5 rings (SSSR count). The maximum absolute atomic E-state index is 2.47. The molecular weight excluding hydrogens is 298 g/mol. The van der Waals surface area contributed by atoms with E-state index < -0.39 is 0 Å². The van der Waals surface area contributed by atoms with Crippen molar-refractivity contribution in [2.75, 3.05) is 0 Å². The van der Waals surface area contributed by atoms with Crippen molar-refractivity contribution in [1.29, 1.82) is 0 Å². The molecule has 0 fully saturated rings. The summed E-state index contributed by atoms with van der Waals surface area (Å²) in [6.45, 7) is 4.53. The number of nitrogens with zero attached hydrogens (tertiary/aromatic N) is 1. The maximum Gasteiger partial charge on any atom is 0.0508 e. The number of rotatable bonds is 1. The Morgan fingerprint density at radius 2 is 1.43 bits per heavy atom. The van der Waals surface area contributed by atoms with Crippen molar-refractivity contribution in [1.82, 2.24) is 4.57 Å². The number of hydrogen-bond acceptors (Lipinski definition) is 1. The zero-order chi connectivity index (χ0) is 15.6. The summed E-state index contributed by atoms with van der Waals surface area (Å²) in [6, 6.07) is 22.7. The lowest BCUT2D eigenvalue weighted by molar-refractivity contribution is 0.642. The Labute approximate surface area is 138 Å². The Bertz CT molecular complexity index is 1190. The van der Waals surface area contributed by atoms with Gasteiger partial charge in [0.2, 0.25) is 0 Å². The molecule has 2 aromatic heterocycles. The zero-order valence-electron chi connectivity index (χ0n) is 13.2. The van der Waals surface area contributed by atoms with E-state index in [4.69, 9.17) is 0 Å². The molecule has 0 saturated heterocycles. The van der Waals surface area contributed by atoms with Crippen LogP contribution in [0.5, 0.6) is 0 Å². The van der Waals surface area contributed by atoms with E-state index >= 15 is 0 Å². The zero-order valence-corrected chi connectivity index (χ0v) is 14.0. The normalized spacial score (nSPS) is 12.3. The third-order valence-corrected chi connectivity index (χ3v) is 5.86. The highest BCUT2D eigenvalue weighted by Crippen LogP contribution is 2.40. The summed E-state index contributed by atoms with van der Waals surface area (Å²) in [7, 11) is 0. The Morgan fingerprint density at radius 3 is 2.26 bits per heavy atom. The van der Waals surface area contributed by atoms with Gasteiger partial charge in [0.25, 0.3) is 0 Å². The van der Waals surface area contributed by atoms with Gasteiger partial charge in [-0.3, -0.25) is 0 Å². The highest BCUT2D eigenvalue weighted by Gasteiger charge is 2.15. The number of fused-ring (bicyclic) bond motifs is 6. The van der Waals surface area contributed by atoms with Gasteiger partial charge in [-0.15, -0.1) is 11.3 Å². The predicted octanol–water partition coefficient (Wildman–Crippen LogP) is 6.74. The van der Waals surface area contributed by atoms with Crippen LogP contribution in [0, 0.1) is 0 Å². The molecule has 1 nitrogen and oxygen atoms in total. The molecule has 0 atom stereocenters. The fourth-order valence-corrected chi connectivity index (χ4v) is 4.89. The molecule has 3 aromatic carbocycles. The number of benzene rings is 3. The molecular formula is C21H17NS. The second-order valence-corrected chi connectivity index (χ2v) is 7.53. The van der Waals surface area contributed by atoms with Crippen LogP contribution in [0.2, 0.25) is 0 Å². The number of hydrogen-bond donors (Lipinski definition) is 0. The highest BCUT2D eigenvalue weighted by molar-refractivity contribution is 7.25. The van der Waals surface area contributed by atoms with Crippen molar-refractivity contribution in [2.24, 2.45) is 0 Å². The first-order valence-electron chi connectivity index (χ1n) is 8.08. The van der Waals surface area contributed by atoms with Crippen LogP contribution in [0.15, 0.2) is 60.7 Å². The summed E-state index contributed by atoms with van der Waals surface area (Å²) < 4.78 is 5.22. The summed E-state index contributed by atoms with van der Waals surface area (Å²) in [5, 5.41) is 5.47. The molecule has 0 N–H and O–H groups in total. The quantitative estimate of drug-likeness (QED) is 0.323. The van der Waals surface area contributed by atoms with Crippen LogP contribution >= 0.6 is 11.3 Å². The van der Waals surface area contributed by atoms with Gasteiger partial charge < -0.3 is 4.57 Å². The van der Waals surface area contributed by atoms with Crippen LogP contribution < -0.4 is 0 Å². The van der Waals surface area contributed by atoms with Gasteiger partial charge in [-0.1, -0.05) is 36.4 Å². The van der Waals surface area contributed by atoms with Crippen LogP contribution in [-0.4, -0.2) is 4.57 Å². The van der Waals surface area contributed by atoms with Crippen molar-refractivity contribution in [3.8, 4) is 0 Å². The van der Waals surface area contributed by atoms with E-state index in [1.807, 2.05) is 11.3 Å². The van der Waals surface area contributed by atoms with E-state index in [2.05, 4.69) is 79.1 Å². The standard InChI is InChI=1S/C21H17NS/c1-13(2)22-18-9-5-3-7-14(18)16-11-17-15-8-4-6-10-20(15)23-21(17)12-19(16)22/h3-13H,1-2H3.